The second-order valence-electron chi connectivity index (χ2n) is 4.82. The zero-order valence-electron chi connectivity index (χ0n) is 9.66. The summed E-state index contributed by atoms with van der Waals surface area (Å²) in [6.07, 6.45) is 3.44. The molecule has 5 nitrogen and oxygen atoms in total. The Kier molecular flexibility index (Phi) is 2.92. The molecule has 1 amide bonds. The van der Waals surface area contributed by atoms with Crippen LogP contribution in [0, 0.1) is 5.41 Å². The fourth-order valence-corrected chi connectivity index (χ4v) is 1.91. The van der Waals surface area contributed by atoms with E-state index in [-0.39, 0.29) is 22.8 Å². The van der Waals surface area contributed by atoms with Gasteiger partial charge in [0.15, 0.2) is 5.76 Å². The third kappa shape index (κ3) is 2.49. The van der Waals surface area contributed by atoms with E-state index in [0.717, 1.165) is 12.8 Å². The molecular formula is C12H15NO4. The highest BCUT2D eigenvalue weighted by molar-refractivity contribution is 5.93. The van der Waals surface area contributed by atoms with Crippen molar-refractivity contribution in [2.75, 3.05) is 6.54 Å². The lowest BCUT2D eigenvalue weighted by Crippen LogP contribution is -2.39. The van der Waals surface area contributed by atoms with E-state index in [9.17, 15) is 9.59 Å². The predicted octanol–water partition coefficient (Wildman–Crippen LogP) is 1.90. The zero-order valence-corrected chi connectivity index (χ0v) is 9.66. The molecule has 0 radical (unpaired) electrons. The van der Waals surface area contributed by atoms with Gasteiger partial charge in [-0.15, -0.1) is 0 Å². The van der Waals surface area contributed by atoms with Crippen LogP contribution in [-0.2, 0) is 0 Å². The van der Waals surface area contributed by atoms with E-state index in [4.69, 9.17) is 9.52 Å². The second-order valence-corrected chi connectivity index (χ2v) is 4.82. The fourth-order valence-electron chi connectivity index (χ4n) is 1.91. The number of hydrogen-bond donors (Lipinski definition) is 2. The SMILES string of the molecule is CC1(CNC(=O)c2ccc(C(=O)O)o2)CCC1. The molecule has 1 aliphatic carbocycles. The molecule has 5 heteroatoms. The third-order valence-corrected chi connectivity index (χ3v) is 3.28. The van der Waals surface area contributed by atoms with Gasteiger partial charge in [0.1, 0.15) is 0 Å². The molecular weight excluding hydrogens is 222 g/mol. The highest BCUT2D eigenvalue weighted by Crippen LogP contribution is 2.39. The average Bonchev–Trinajstić information content (AvgIpc) is 2.72. The lowest BCUT2D eigenvalue weighted by Gasteiger charge is -2.38. The number of rotatable bonds is 4. The second kappa shape index (κ2) is 4.24. The van der Waals surface area contributed by atoms with Gasteiger partial charge in [0.05, 0.1) is 0 Å². The summed E-state index contributed by atoms with van der Waals surface area (Å²) in [5, 5.41) is 11.4. The summed E-state index contributed by atoms with van der Waals surface area (Å²) in [7, 11) is 0. The summed E-state index contributed by atoms with van der Waals surface area (Å²) in [4.78, 5) is 22.3. The molecule has 1 aromatic heterocycles. The lowest BCUT2D eigenvalue weighted by molar-refractivity contribution is 0.0658. The van der Waals surface area contributed by atoms with Crippen LogP contribution in [0.3, 0.4) is 0 Å². The van der Waals surface area contributed by atoms with Crippen LogP contribution in [0.4, 0.5) is 0 Å². The number of amides is 1. The van der Waals surface area contributed by atoms with E-state index in [1.54, 1.807) is 0 Å². The van der Waals surface area contributed by atoms with Crippen LogP contribution in [0.1, 0.15) is 47.3 Å². The van der Waals surface area contributed by atoms with Crippen molar-refractivity contribution in [2.24, 2.45) is 5.41 Å². The molecule has 1 fully saturated rings. The highest BCUT2D eigenvalue weighted by Gasteiger charge is 2.32. The topological polar surface area (TPSA) is 79.5 Å². The Morgan fingerprint density at radius 1 is 1.41 bits per heavy atom. The Bertz CT molecular complexity index is 445. The number of hydrogen-bond acceptors (Lipinski definition) is 3. The lowest BCUT2D eigenvalue weighted by atomic mass is 9.70. The van der Waals surface area contributed by atoms with Gasteiger partial charge >= 0.3 is 5.97 Å². The summed E-state index contributed by atoms with van der Waals surface area (Å²) in [5.74, 6) is -1.70. The van der Waals surface area contributed by atoms with E-state index in [1.165, 1.54) is 18.6 Å². The molecule has 0 atom stereocenters. The third-order valence-electron chi connectivity index (χ3n) is 3.28. The van der Waals surface area contributed by atoms with Crippen molar-refractivity contribution in [1.82, 2.24) is 5.32 Å². The van der Waals surface area contributed by atoms with Crippen LogP contribution >= 0.6 is 0 Å². The maximum Gasteiger partial charge on any atom is 0.371 e. The van der Waals surface area contributed by atoms with Crippen LogP contribution in [0.15, 0.2) is 16.5 Å². The number of carbonyl (C=O) groups excluding carboxylic acids is 1. The predicted molar refractivity (Wildman–Crippen MR) is 60.0 cm³/mol. The van der Waals surface area contributed by atoms with Gasteiger partial charge < -0.3 is 14.8 Å². The first-order valence-electron chi connectivity index (χ1n) is 5.62. The minimum atomic E-state index is -1.17. The first-order valence-corrected chi connectivity index (χ1v) is 5.62. The number of carboxylic acid groups (broad SMARTS) is 1. The van der Waals surface area contributed by atoms with Crippen molar-refractivity contribution in [3.63, 3.8) is 0 Å². The number of carboxylic acids is 1. The van der Waals surface area contributed by atoms with Crippen LogP contribution in [-0.4, -0.2) is 23.5 Å². The minimum absolute atomic E-state index is 0.0466. The molecule has 1 heterocycles. The maximum absolute atomic E-state index is 11.7. The molecule has 92 valence electrons. The number of furan rings is 1. The molecule has 2 N–H and O–H groups in total. The summed E-state index contributed by atoms with van der Waals surface area (Å²) in [6, 6.07) is 2.66. The minimum Gasteiger partial charge on any atom is -0.475 e. The molecule has 0 aromatic carbocycles. The Balaban J connectivity index is 1.92. The molecule has 1 aliphatic rings. The van der Waals surface area contributed by atoms with Crippen molar-refractivity contribution < 1.29 is 19.1 Å². The molecule has 0 aliphatic heterocycles. The van der Waals surface area contributed by atoms with E-state index in [0.29, 0.717) is 6.54 Å². The quantitative estimate of drug-likeness (QED) is 0.838. The van der Waals surface area contributed by atoms with E-state index >= 15 is 0 Å². The summed E-state index contributed by atoms with van der Waals surface area (Å²) >= 11 is 0. The van der Waals surface area contributed by atoms with Crippen molar-refractivity contribution in [3.05, 3.63) is 23.7 Å². The molecule has 0 spiro atoms. The number of carbonyl (C=O) groups is 2. The van der Waals surface area contributed by atoms with Crippen molar-refractivity contribution in [1.29, 1.82) is 0 Å². The summed E-state index contributed by atoms with van der Waals surface area (Å²) in [5.41, 5.74) is 0.192. The first kappa shape index (κ1) is 11.7. The molecule has 0 bridgehead atoms. The Labute approximate surface area is 98.8 Å². The fraction of sp³-hybridized carbons (Fsp3) is 0.500. The van der Waals surface area contributed by atoms with Crippen LogP contribution in [0.2, 0.25) is 0 Å². The summed E-state index contributed by atoms with van der Waals surface area (Å²) in [6.45, 7) is 2.73. The van der Waals surface area contributed by atoms with Gasteiger partial charge in [0.2, 0.25) is 5.76 Å². The highest BCUT2D eigenvalue weighted by atomic mass is 16.4. The normalized spacial score (nSPS) is 17.2. The van der Waals surface area contributed by atoms with Gasteiger partial charge in [-0.2, -0.15) is 0 Å². The van der Waals surface area contributed by atoms with Crippen LogP contribution in [0.25, 0.3) is 0 Å². The van der Waals surface area contributed by atoms with Gasteiger partial charge in [-0.3, -0.25) is 4.79 Å². The van der Waals surface area contributed by atoms with Gasteiger partial charge in [-0.25, -0.2) is 4.79 Å². The standard InChI is InChI=1S/C12H15NO4/c1-12(5-2-6-12)7-13-10(14)8-3-4-9(17-8)11(15)16/h3-4H,2,5-7H2,1H3,(H,13,14)(H,15,16). The van der Waals surface area contributed by atoms with E-state index in [1.807, 2.05) is 0 Å². The summed E-state index contributed by atoms with van der Waals surface area (Å²) < 4.78 is 4.91. The molecule has 1 aromatic rings. The van der Waals surface area contributed by atoms with E-state index < -0.39 is 5.97 Å². The Morgan fingerprint density at radius 3 is 2.53 bits per heavy atom. The Hall–Kier alpha value is -1.78. The number of aromatic carboxylic acids is 1. The molecule has 17 heavy (non-hydrogen) atoms. The largest absolute Gasteiger partial charge is 0.475 e. The van der Waals surface area contributed by atoms with Gasteiger partial charge in [0.25, 0.3) is 5.91 Å². The molecule has 0 unspecified atom stereocenters. The maximum atomic E-state index is 11.7. The number of nitrogens with one attached hydrogen (secondary N) is 1. The smallest absolute Gasteiger partial charge is 0.371 e. The average molecular weight is 237 g/mol. The van der Waals surface area contributed by atoms with Crippen molar-refractivity contribution in [2.45, 2.75) is 26.2 Å². The van der Waals surface area contributed by atoms with Gasteiger partial charge in [0, 0.05) is 6.54 Å². The molecule has 1 saturated carbocycles. The van der Waals surface area contributed by atoms with Crippen LogP contribution < -0.4 is 5.32 Å². The molecule has 0 saturated heterocycles. The monoisotopic (exact) mass is 237 g/mol. The zero-order chi connectivity index (χ0) is 12.5. The molecule has 2 rings (SSSR count). The van der Waals surface area contributed by atoms with Crippen LogP contribution in [0.5, 0.6) is 0 Å². The van der Waals surface area contributed by atoms with E-state index in [2.05, 4.69) is 12.2 Å². The van der Waals surface area contributed by atoms with Gasteiger partial charge in [-0.05, 0) is 30.4 Å². The van der Waals surface area contributed by atoms with Crippen molar-refractivity contribution in [3.8, 4) is 0 Å². The first-order chi connectivity index (χ1) is 8.00. The van der Waals surface area contributed by atoms with Gasteiger partial charge in [-0.1, -0.05) is 13.3 Å². The Morgan fingerprint density at radius 2 is 2.06 bits per heavy atom. The van der Waals surface area contributed by atoms with Crippen molar-refractivity contribution >= 4 is 11.9 Å².